The third-order valence-corrected chi connectivity index (χ3v) is 7.01. The molecule has 1 aliphatic carbocycles. The van der Waals surface area contributed by atoms with Crippen LogP contribution in [0.5, 0.6) is 5.75 Å². The van der Waals surface area contributed by atoms with Gasteiger partial charge in [-0.25, -0.2) is 9.37 Å². The second-order valence-corrected chi connectivity index (χ2v) is 9.26. The van der Waals surface area contributed by atoms with Gasteiger partial charge in [-0.2, -0.15) is 0 Å². The van der Waals surface area contributed by atoms with E-state index in [9.17, 15) is 23.1 Å². The number of carbonyl (C=O) groups is 1. The number of benzene rings is 1. The Balaban J connectivity index is 1.35. The number of amides is 1. The molecule has 3 aromatic rings. The normalized spacial score (nSPS) is 21.7. The van der Waals surface area contributed by atoms with Crippen molar-refractivity contribution in [1.29, 1.82) is 0 Å². The van der Waals surface area contributed by atoms with Crippen LogP contribution in [0, 0.1) is 5.82 Å². The highest BCUT2D eigenvalue weighted by molar-refractivity contribution is 5.99. The van der Waals surface area contributed by atoms with Gasteiger partial charge >= 0.3 is 6.36 Å². The molecule has 11 heteroatoms. The number of aromatic nitrogens is 2. The van der Waals surface area contributed by atoms with Crippen molar-refractivity contribution < 1.29 is 33.6 Å². The van der Waals surface area contributed by atoms with Crippen LogP contribution in [0.3, 0.4) is 0 Å². The number of halogens is 4. The van der Waals surface area contributed by atoms with Crippen LogP contribution in [0.1, 0.15) is 60.2 Å². The largest absolute Gasteiger partial charge is 0.573 e. The number of aryl methyl sites for hydroxylation is 2. The predicted octanol–water partition coefficient (Wildman–Crippen LogP) is 4.44. The monoisotopic (exact) mass is 507 g/mol. The lowest BCUT2D eigenvalue weighted by Crippen LogP contribution is -2.38. The van der Waals surface area contributed by atoms with E-state index >= 15 is 4.39 Å². The van der Waals surface area contributed by atoms with Gasteiger partial charge in [-0.15, -0.1) is 13.2 Å². The molecule has 1 aromatic carbocycles. The van der Waals surface area contributed by atoms with Crippen LogP contribution in [0.2, 0.25) is 0 Å². The summed E-state index contributed by atoms with van der Waals surface area (Å²) in [4.78, 5) is 22.1. The number of nitrogens with two attached hydrogens (primary N) is 1. The second kappa shape index (κ2) is 9.27. The van der Waals surface area contributed by atoms with Crippen molar-refractivity contribution >= 4 is 22.6 Å². The molecule has 1 saturated heterocycles. The molecule has 0 spiro atoms. The van der Waals surface area contributed by atoms with Crippen molar-refractivity contribution in [2.24, 2.45) is 0 Å². The lowest BCUT2D eigenvalue weighted by Gasteiger charge is -2.33. The molecular weight excluding hydrogens is 480 g/mol. The number of likely N-dealkylation sites (tertiary alicyclic amines) is 1. The lowest BCUT2D eigenvalue weighted by molar-refractivity contribution is -0.274. The van der Waals surface area contributed by atoms with Crippen LogP contribution in [0.25, 0.3) is 11.0 Å². The zero-order valence-corrected chi connectivity index (χ0v) is 19.3. The van der Waals surface area contributed by atoms with Gasteiger partial charge in [0.1, 0.15) is 17.2 Å². The van der Waals surface area contributed by atoms with Gasteiger partial charge in [-0.1, -0.05) is 0 Å². The molecule has 36 heavy (non-hydrogen) atoms. The van der Waals surface area contributed by atoms with E-state index in [4.69, 9.17) is 7.10 Å². The fraction of sp³-hybridized carbons (Fsp3) is 0.440. The zero-order chi connectivity index (χ0) is 26.5. The maximum absolute atomic E-state index is 15.2. The van der Waals surface area contributed by atoms with E-state index < -0.39 is 29.9 Å². The van der Waals surface area contributed by atoms with E-state index in [0.29, 0.717) is 55.4 Å². The number of nitrogen functional groups attached to an aromatic ring is 1. The first-order valence-corrected chi connectivity index (χ1v) is 11.8. The maximum atomic E-state index is 15.2. The fourth-order valence-corrected chi connectivity index (χ4v) is 5.30. The highest BCUT2D eigenvalue weighted by Crippen LogP contribution is 2.39. The standard InChI is InChI=1S/C25H26F4N4O3/c26-18-12-31-23-22(17-4-1-14(34)2-6-20(17)32-23)21(18)13-7-9-33(10-8-13)24(35)16-5-3-15(11-19(16)30)36-25(27,28)29/h3,5,11-14,34H,1-2,4,6-10,30H2,(H,31,32)/i14D. The van der Waals surface area contributed by atoms with Crippen molar-refractivity contribution in [3.63, 3.8) is 0 Å². The number of ether oxygens (including phenoxy) is 1. The molecular formula is C25H26F4N4O3. The van der Waals surface area contributed by atoms with E-state index in [2.05, 4.69) is 14.7 Å². The molecule has 7 nitrogen and oxygen atoms in total. The van der Waals surface area contributed by atoms with Crippen LogP contribution in [0.15, 0.2) is 24.4 Å². The molecule has 1 unspecified atom stereocenters. The molecule has 1 aliphatic heterocycles. The third-order valence-electron chi connectivity index (χ3n) is 7.01. The minimum atomic E-state index is -4.87. The van der Waals surface area contributed by atoms with Gasteiger partial charge in [0, 0.05) is 41.5 Å². The summed E-state index contributed by atoms with van der Waals surface area (Å²) in [5.74, 6) is -1.55. The summed E-state index contributed by atoms with van der Waals surface area (Å²) in [5, 5.41) is 10.9. The summed E-state index contributed by atoms with van der Waals surface area (Å²) in [5.41, 5.74) is 8.64. The number of H-pyrrole nitrogens is 1. The van der Waals surface area contributed by atoms with Gasteiger partial charge in [-0.3, -0.25) is 4.79 Å². The Hall–Kier alpha value is -3.34. The number of aromatic amines is 1. The van der Waals surface area contributed by atoms with Gasteiger partial charge in [0.2, 0.25) is 0 Å². The van der Waals surface area contributed by atoms with E-state index in [1.165, 1.54) is 12.3 Å². The second-order valence-electron chi connectivity index (χ2n) is 9.26. The van der Waals surface area contributed by atoms with Crippen LogP contribution in [0.4, 0.5) is 23.2 Å². The number of nitrogens with zero attached hydrogens (tertiary/aromatic N) is 2. The molecule has 192 valence electrons. The number of anilines is 1. The van der Waals surface area contributed by atoms with Gasteiger partial charge < -0.3 is 25.5 Å². The van der Waals surface area contributed by atoms with Gasteiger partial charge in [0.05, 0.1) is 19.2 Å². The maximum Gasteiger partial charge on any atom is 0.573 e. The van der Waals surface area contributed by atoms with Crippen molar-refractivity contribution in [2.75, 3.05) is 18.8 Å². The highest BCUT2D eigenvalue weighted by atomic mass is 19.4. The Kier molecular flexibility index (Phi) is 5.94. The molecule has 1 fully saturated rings. The number of hydrogen-bond acceptors (Lipinski definition) is 5. The van der Waals surface area contributed by atoms with Crippen LogP contribution < -0.4 is 10.5 Å². The average molecular weight is 508 g/mol. The van der Waals surface area contributed by atoms with Crippen molar-refractivity contribution in [3.05, 3.63) is 52.6 Å². The van der Waals surface area contributed by atoms with Crippen molar-refractivity contribution in [2.45, 2.75) is 56.9 Å². The van der Waals surface area contributed by atoms with E-state index in [1.54, 1.807) is 4.90 Å². The number of piperidine rings is 1. The average Bonchev–Trinajstić information content (AvgIpc) is 3.10. The Bertz CT molecular complexity index is 1350. The number of alkyl halides is 3. The molecule has 3 heterocycles. The molecule has 0 radical (unpaired) electrons. The zero-order valence-electron chi connectivity index (χ0n) is 20.3. The fourth-order valence-electron chi connectivity index (χ4n) is 5.30. The summed E-state index contributed by atoms with van der Waals surface area (Å²) in [6, 6.07) is 3.22. The SMILES string of the molecule is [2H]C1(O)CCc2[nH]c3ncc(F)c(C4CCN(C(=O)c5ccc(OC(F)(F)F)cc5N)CC4)c3c2CC1. The number of rotatable bonds is 3. The molecule has 0 saturated carbocycles. The minimum Gasteiger partial charge on any atom is -0.406 e. The van der Waals surface area contributed by atoms with E-state index in [1.807, 2.05) is 0 Å². The number of carbonyl (C=O) groups excluding carboxylic acids is 1. The summed E-state index contributed by atoms with van der Waals surface area (Å²) < 4.78 is 64.4. The first-order valence-electron chi connectivity index (χ1n) is 12.3. The van der Waals surface area contributed by atoms with Gasteiger partial charge in [0.25, 0.3) is 5.91 Å². The Labute approximate surface area is 205 Å². The molecule has 0 bridgehead atoms. The Morgan fingerprint density at radius 3 is 2.64 bits per heavy atom. The van der Waals surface area contributed by atoms with Crippen molar-refractivity contribution in [3.8, 4) is 5.75 Å². The quantitative estimate of drug-likeness (QED) is 0.276. The molecule has 5 rings (SSSR count). The topological polar surface area (TPSA) is 104 Å². The first-order chi connectivity index (χ1) is 17.4. The molecule has 1 atom stereocenters. The molecule has 4 N–H and O–H groups in total. The summed E-state index contributed by atoms with van der Waals surface area (Å²) >= 11 is 0. The van der Waals surface area contributed by atoms with Crippen LogP contribution in [-0.2, 0) is 12.8 Å². The van der Waals surface area contributed by atoms with Gasteiger partial charge in [0.15, 0.2) is 0 Å². The number of hydrogen-bond donors (Lipinski definition) is 3. The number of aliphatic hydroxyl groups is 1. The smallest absolute Gasteiger partial charge is 0.406 e. The Morgan fingerprint density at radius 2 is 1.94 bits per heavy atom. The van der Waals surface area contributed by atoms with E-state index in [-0.39, 0.29) is 30.0 Å². The lowest BCUT2D eigenvalue weighted by atomic mass is 9.86. The molecule has 2 aromatic heterocycles. The molecule has 1 amide bonds. The van der Waals surface area contributed by atoms with E-state index in [0.717, 1.165) is 23.4 Å². The first kappa shape index (κ1) is 23.1. The highest BCUT2D eigenvalue weighted by Gasteiger charge is 2.33. The van der Waals surface area contributed by atoms with Crippen LogP contribution in [-0.4, -0.2) is 51.4 Å². The Morgan fingerprint density at radius 1 is 1.22 bits per heavy atom. The number of nitrogens with one attached hydrogen (secondary N) is 1. The summed E-state index contributed by atoms with van der Waals surface area (Å²) in [7, 11) is 0. The predicted molar refractivity (Wildman–Crippen MR) is 124 cm³/mol. The summed E-state index contributed by atoms with van der Waals surface area (Å²) in [6.45, 7) is 0.623. The summed E-state index contributed by atoms with van der Waals surface area (Å²) in [6.07, 6.45) is -2.85. The minimum absolute atomic E-state index is 0.0734. The van der Waals surface area contributed by atoms with Gasteiger partial charge in [-0.05, 0) is 62.1 Å². The van der Waals surface area contributed by atoms with Crippen LogP contribution >= 0.6 is 0 Å². The van der Waals surface area contributed by atoms with Crippen molar-refractivity contribution in [1.82, 2.24) is 14.9 Å². The third kappa shape index (κ3) is 4.71. The molecule has 2 aliphatic rings. The number of fused-ring (bicyclic) bond motifs is 3. The number of pyridine rings is 1.